The van der Waals surface area contributed by atoms with Gasteiger partial charge in [0.2, 0.25) is 0 Å². The molecule has 0 radical (unpaired) electrons. The van der Waals surface area contributed by atoms with Gasteiger partial charge in [-0.25, -0.2) is 0 Å². The van der Waals surface area contributed by atoms with E-state index in [9.17, 15) is 0 Å². The normalized spacial score (nSPS) is 14.9. The number of benzene rings is 1. The Morgan fingerprint density at radius 2 is 1.00 bits per heavy atom. The van der Waals surface area contributed by atoms with Crippen molar-refractivity contribution in [2.75, 3.05) is 0 Å². The molecule has 3 aliphatic rings. The van der Waals surface area contributed by atoms with Gasteiger partial charge in [0, 0.05) is 23.0 Å². The number of hydrogen-bond acceptors (Lipinski definition) is 2. The van der Waals surface area contributed by atoms with Crippen molar-refractivity contribution in [3.63, 3.8) is 0 Å². The van der Waals surface area contributed by atoms with Crippen molar-refractivity contribution in [1.82, 2.24) is 0 Å². The van der Waals surface area contributed by atoms with Gasteiger partial charge in [-0.05, 0) is 58.4 Å². The summed E-state index contributed by atoms with van der Waals surface area (Å²) in [5.41, 5.74) is 11.7. The molecule has 0 N–H and O–H groups in total. The Morgan fingerprint density at radius 3 is 1.54 bits per heavy atom. The highest BCUT2D eigenvalue weighted by Crippen LogP contribution is 2.33. The van der Waals surface area contributed by atoms with Crippen LogP contribution in [0.5, 0.6) is 0 Å². The van der Waals surface area contributed by atoms with Gasteiger partial charge in [-0.2, -0.15) is 23.5 Å². The first-order valence-corrected chi connectivity index (χ1v) is 10.8. The Bertz CT molecular complexity index is 788. The van der Waals surface area contributed by atoms with Crippen LogP contribution in [0.3, 0.4) is 0 Å². The Morgan fingerprint density at radius 1 is 0.583 bits per heavy atom. The molecular weight excluding hydrogens is 328 g/mol. The SMILES string of the molecule is Cc1c2cccc1CSCc1cc3cccc-3cc(c1C)CSC2. The van der Waals surface area contributed by atoms with Crippen molar-refractivity contribution < 1.29 is 0 Å². The predicted octanol–water partition coefficient (Wildman–Crippen LogP) is 6.59. The molecule has 1 aliphatic heterocycles. The Labute approximate surface area is 153 Å². The molecule has 0 saturated carbocycles. The fraction of sp³-hybridized carbons (Fsp3) is 0.273. The molecule has 2 heteroatoms. The van der Waals surface area contributed by atoms with Crippen LogP contribution in [0.1, 0.15) is 33.4 Å². The van der Waals surface area contributed by atoms with E-state index in [1.54, 1.807) is 0 Å². The minimum Gasteiger partial charge on any atom is -0.152 e. The van der Waals surface area contributed by atoms with E-state index in [0.717, 1.165) is 23.0 Å². The summed E-state index contributed by atoms with van der Waals surface area (Å²) in [6, 6.07) is 18.3. The van der Waals surface area contributed by atoms with Gasteiger partial charge in [0.05, 0.1) is 0 Å². The third-order valence-electron chi connectivity index (χ3n) is 5.10. The Balaban J connectivity index is 1.77. The average molecular weight is 351 g/mol. The van der Waals surface area contributed by atoms with Gasteiger partial charge < -0.3 is 0 Å². The van der Waals surface area contributed by atoms with E-state index in [2.05, 4.69) is 62.4 Å². The summed E-state index contributed by atoms with van der Waals surface area (Å²) in [7, 11) is 0. The minimum atomic E-state index is 1.09. The van der Waals surface area contributed by atoms with Crippen molar-refractivity contribution in [2.24, 2.45) is 0 Å². The third kappa shape index (κ3) is 3.10. The summed E-state index contributed by atoms with van der Waals surface area (Å²) < 4.78 is 0. The lowest BCUT2D eigenvalue weighted by molar-refractivity contribution is 1.20. The molecule has 1 aromatic carbocycles. The summed E-state index contributed by atoms with van der Waals surface area (Å²) in [5.74, 6) is 4.37. The average Bonchev–Trinajstić information content (AvgIpc) is 2.96. The number of hydrogen-bond donors (Lipinski definition) is 0. The number of thioether (sulfide) groups is 2. The summed E-state index contributed by atoms with van der Waals surface area (Å²) in [5, 5.41) is 0. The van der Waals surface area contributed by atoms with Gasteiger partial charge in [0.1, 0.15) is 0 Å². The summed E-state index contributed by atoms with van der Waals surface area (Å²) in [4.78, 5) is 0. The lowest BCUT2D eigenvalue weighted by atomic mass is 10.1. The summed E-state index contributed by atoms with van der Waals surface area (Å²) >= 11 is 4.08. The smallest absolute Gasteiger partial charge is 0.0190 e. The van der Waals surface area contributed by atoms with Gasteiger partial charge in [0.25, 0.3) is 0 Å². The van der Waals surface area contributed by atoms with Crippen molar-refractivity contribution in [2.45, 2.75) is 36.9 Å². The van der Waals surface area contributed by atoms with Crippen LogP contribution in [0.15, 0.2) is 48.5 Å². The summed E-state index contributed by atoms with van der Waals surface area (Å²) in [6.45, 7) is 4.59. The predicted molar refractivity (Wildman–Crippen MR) is 109 cm³/mol. The lowest BCUT2D eigenvalue weighted by Gasteiger charge is -2.14. The maximum absolute atomic E-state index is 2.40. The van der Waals surface area contributed by atoms with Crippen LogP contribution >= 0.6 is 23.5 Å². The van der Waals surface area contributed by atoms with E-state index < -0.39 is 0 Å². The second-order valence-corrected chi connectivity index (χ2v) is 8.56. The Kier molecular flexibility index (Phi) is 4.60. The van der Waals surface area contributed by atoms with E-state index in [-0.39, 0.29) is 0 Å². The first-order valence-electron chi connectivity index (χ1n) is 8.46. The zero-order valence-corrected chi connectivity index (χ0v) is 15.9. The number of fused-ring (bicyclic) bond motifs is 5. The molecule has 2 aliphatic carbocycles. The van der Waals surface area contributed by atoms with Crippen LogP contribution in [-0.2, 0) is 23.0 Å². The maximum Gasteiger partial charge on any atom is 0.0190 e. The van der Waals surface area contributed by atoms with E-state index in [1.807, 2.05) is 23.5 Å². The first-order chi connectivity index (χ1) is 11.7. The first kappa shape index (κ1) is 16.1. The molecule has 1 aromatic rings. The summed E-state index contributed by atoms with van der Waals surface area (Å²) in [6.07, 6.45) is 0. The molecule has 24 heavy (non-hydrogen) atoms. The van der Waals surface area contributed by atoms with Crippen molar-refractivity contribution >= 4 is 23.5 Å². The van der Waals surface area contributed by atoms with Gasteiger partial charge in [-0.15, -0.1) is 0 Å². The van der Waals surface area contributed by atoms with Gasteiger partial charge >= 0.3 is 0 Å². The van der Waals surface area contributed by atoms with Crippen molar-refractivity contribution in [3.05, 3.63) is 81.9 Å². The van der Waals surface area contributed by atoms with E-state index in [4.69, 9.17) is 0 Å². The highest BCUT2D eigenvalue weighted by Gasteiger charge is 2.12. The Hall–Kier alpha value is -1.38. The molecule has 1 heterocycles. The lowest BCUT2D eigenvalue weighted by Crippen LogP contribution is -1.96. The quantitative estimate of drug-likeness (QED) is 0.448. The van der Waals surface area contributed by atoms with E-state index in [0.29, 0.717) is 0 Å². The van der Waals surface area contributed by atoms with Crippen LogP contribution in [0.4, 0.5) is 0 Å². The zero-order chi connectivity index (χ0) is 16.5. The van der Waals surface area contributed by atoms with Crippen molar-refractivity contribution in [1.29, 1.82) is 0 Å². The van der Waals surface area contributed by atoms with E-state index >= 15 is 0 Å². The fourth-order valence-electron chi connectivity index (χ4n) is 3.40. The van der Waals surface area contributed by atoms with Crippen LogP contribution in [0.25, 0.3) is 11.1 Å². The van der Waals surface area contributed by atoms with Gasteiger partial charge in [-0.3, -0.25) is 0 Å². The van der Waals surface area contributed by atoms with E-state index in [1.165, 1.54) is 44.5 Å². The minimum absolute atomic E-state index is 1.09. The molecule has 0 amide bonds. The monoisotopic (exact) mass is 350 g/mol. The van der Waals surface area contributed by atoms with Gasteiger partial charge in [-0.1, -0.05) is 48.5 Å². The highest BCUT2D eigenvalue weighted by molar-refractivity contribution is 7.98. The molecule has 0 aromatic heterocycles. The molecule has 0 fully saturated rings. The molecule has 4 bridgehead atoms. The van der Waals surface area contributed by atoms with Crippen LogP contribution in [0, 0.1) is 13.8 Å². The largest absolute Gasteiger partial charge is 0.152 e. The standard InChI is InChI=1S/C22H22S2/c1-15-19-7-4-8-20(15)12-24-14-22-10-18-6-3-5-17(18)9-21(16(22)2)13-23-11-19/h3-10H,11-14H2,1-2H3. The van der Waals surface area contributed by atoms with Gasteiger partial charge in [0.15, 0.2) is 0 Å². The molecule has 122 valence electrons. The van der Waals surface area contributed by atoms with Crippen LogP contribution in [0.2, 0.25) is 0 Å². The van der Waals surface area contributed by atoms with Crippen LogP contribution in [-0.4, -0.2) is 0 Å². The third-order valence-corrected chi connectivity index (χ3v) is 7.16. The molecule has 0 saturated heterocycles. The van der Waals surface area contributed by atoms with Crippen LogP contribution < -0.4 is 0 Å². The molecule has 0 nitrogen and oxygen atoms in total. The molecule has 0 spiro atoms. The molecular formula is C22H22S2. The van der Waals surface area contributed by atoms with Crippen molar-refractivity contribution in [3.8, 4) is 11.1 Å². The fourth-order valence-corrected chi connectivity index (χ4v) is 5.71. The zero-order valence-electron chi connectivity index (χ0n) is 14.3. The number of rotatable bonds is 0. The second-order valence-electron chi connectivity index (χ2n) is 6.59. The topological polar surface area (TPSA) is 0 Å². The highest BCUT2D eigenvalue weighted by atomic mass is 32.2. The molecule has 4 rings (SSSR count). The maximum atomic E-state index is 2.40. The second kappa shape index (κ2) is 6.85. The molecule has 0 atom stereocenters. The molecule has 0 unspecified atom stereocenters.